The minimum Gasteiger partial charge on any atom is -0.507 e. The summed E-state index contributed by atoms with van der Waals surface area (Å²) in [6.45, 7) is 8.78. The van der Waals surface area contributed by atoms with Crippen LogP contribution in [0.3, 0.4) is 0 Å². The molecule has 0 amide bonds. The molecule has 3 rings (SSSR count). The lowest BCUT2D eigenvalue weighted by atomic mass is 9.63. The summed E-state index contributed by atoms with van der Waals surface area (Å²) in [7, 11) is 1.24. The normalized spacial score (nSPS) is 16.6. The van der Waals surface area contributed by atoms with Crippen molar-refractivity contribution in [2.75, 3.05) is 13.7 Å². The number of methoxy groups -OCH3 is 1. The third-order valence-electron chi connectivity index (χ3n) is 5.92. The summed E-state index contributed by atoms with van der Waals surface area (Å²) < 4.78 is 10.1. The first-order chi connectivity index (χ1) is 13.5. The van der Waals surface area contributed by atoms with Crippen LogP contribution in [0.4, 0.5) is 0 Å². The first-order valence-electron chi connectivity index (χ1n) is 9.77. The third-order valence-corrected chi connectivity index (χ3v) is 5.92. The molecule has 0 bridgehead atoms. The average molecular weight is 396 g/mol. The highest BCUT2D eigenvalue weighted by atomic mass is 16.5. The molecule has 1 aliphatic carbocycles. The highest BCUT2D eigenvalue weighted by Crippen LogP contribution is 2.45. The molecule has 5 nitrogen and oxygen atoms in total. The lowest BCUT2D eigenvalue weighted by molar-refractivity contribution is 0.0597. The average Bonchev–Trinajstić information content (AvgIpc) is 2.69. The number of rotatable bonds is 5. The van der Waals surface area contributed by atoms with Crippen LogP contribution in [0.5, 0.6) is 11.5 Å². The maximum absolute atomic E-state index is 12.7. The van der Waals surface area contributed by atoms with Crippen molar-refractivity contribution in [3.05, 3.63) is 58.7 Å². The van der Waals surface area contributed by atoms with E-state index in [1.165, 1.54) is 36.4 Å². The Balaban J connectivity index is 1.77. The first kappa shape index (κ1) is 20.9. The zero-order valence-electron chi connectivity index (χ0n) is 17.7. The second kappa shape index (κ2) is 7.54. The molecule has 29 heavy (non-hydrogen) atoms. The van der Waals surface area contributed by atoms with Gasteiger partial charge in [-0.3, -0.25) is 4.79 Å². The molecule has 0 fully saturated rings. The molecule has 0 unspecified atom stereocenters. The molecule has 1 N–H and O–H groups in total. The molecule has 0 saturated carbocycles. The Bertz CT molecular complexity index is 956. The Labute approximate surface area is 171 Å². The number of aromatic hydroxyl groups is 1. The monoisotopic (exact) mass is 396 g/mol. The Kier molecular flexibility index (Phi) is 5.44. The van der Waals surface area contributed by atoms with Gasteiger partial charge in [0, 0.05) is 11.6 Å². The third kappa shape index (κ3) is 4.14. The minimum absolute atomic E-state index is 0.0253. The lowest BCUT2D eigenvalue weighted by Gasteiger charge is -2.42. The van der Waals surface area contributed by atoms with E-state index in [-0.39, 0.29) is 34.5 Å². The summed E-state index contributed by atoms with van der Waals surface area (Å²) in [6, 6.07) is 10.2. The molecule has 0 saturated heterocycles. The Morgan fingerprint density at radius 2 is 1.62 bits per heavy atom. The Morgan fingerprint density at radius 1 is 0.966 bits per heavy atom. The van der Waals surface area contributed by atoms with Crippen LogP contribution in [-0.4, -0.2) is 30.6 Å². The number of phenolic OH excluding ortho intramolecular Hbond substituents is 1. The zero-order chi connectivity index (χ0) is 21.4. The maximum atomic E-state index is 12.7. The van der Waals surface area contributed by atoms with E-state index in [1.54, 1.807) is 0 Å². The van der Waals surface area contributed by atoms with E-state index in [1.807, 2.05) is 12.1 Å². The topological polar surface area (TPSA) is 72.8 Å². The van der Waals surface area contributed by atoms with E-state index >= 15 is 0 Å². The summed E-state index contributed by atoms with van der Waals surface area (Å²) in [4.78, 5) is 24.3. The van der Waals surface area contributed by atoms with E-state index < -0.39 is 5.97 Å². The zero-order valence-corrected chi connectivity index (χ0v) is 17.7. The number of ether oxygens (including phenoxy) is 2. The van der Waals surface area contributed by atoms with Crippen molar-refractivity contribution in [3.8, 4) is 11.5 Å². The molecule has 2 aromatic rings. The van der Waals surface area contributed by atoms with E-state index in [2.05, 4.69) is 38.5 Å². The van der Waals surface area contributed by atoms with Crippen molar-refractivity contribution in [3.63, 3.8) is 0 Å². The van der Waals surface area contributed by atoms with E-state index in [0.717, 1.165) is 12.8 Å². The fraction of sp³-hybridized carbons (Fsp3) is 0.417. The largest absolute Gasteiger partial charge is 0.507 e. The minimum atomic E-state index is -0.635. The number of carbonyl (C=O) groups is 2. The van der Waals surface area contributed by atoms with Crippen molar-refractivity contribution in [1.82, 2.24) is 0 Å². The van der Waals surface area contributed by atoms with Crippen molar-refractivity contribution >= 4 is 11.8 Å². The number of carbonyl (C=O) groups excluding carboxylic acids is 2. The number of benzene rings is 2. The van der Waals surface area contributed by atoms with Crippen molar-refractivity contribution in [2.24, 2.45) is 0 Å². The van der Waals surface area contributed by atoms with Crippen LogP contribution in [0.25, 0.3) is 0 Å². The Morgan fingerprint density at radius 3 is 2.24 bits per heavy atom. The number of fused-ring (bicyclic) bond motifs is 1. The van der Waals surface area contributed by atoms with Crippen molar-refractivity contribution < 1.29 is 24.2 Å². The van der Waals surface area contributed by atoms with Crippen LogP contribution < -0.4 is 4.74 Å². The molecule has 154 valence electrons. The fourth-order valence-corrected chi connectivity index (χ4v) is 3.88. The molecule has 0 aromatic heterocycles. The van der Waals surface area contributed by atoms with Gasteiger partial charge >= 0.3 is 5.97 Å². The summed E-state index contributed by atoms with van der Waals surface area (Å²) >= 11 is 0. The van der Waals surface area contributed by atoms with Gasteiger partial charge in [0.2, 0.25) is 0 Å². The van der Waals surface area contributed by atoms with E-state index in [0.29, 0.717) is 11.3 Å². The number of esters is 1. The Hall–Kier alpha value is -2.82. The summed E-state index contributed by atoms with van der Waals surface area (Å²) in [5.74, 6) is -0.712. The molecule has 0 spiro atoms. The smallest absolute Gasteiger partial charge is 0.341 e. The van der Waals surface area contributed by atoms with Crippen molar-refractivity contribution in [2.45, 2.75) is 51.4 Å². The van der Waals surface area contributed by atoms with Gasteiger partial charge in [-0.05, 0) is 53.0 Å². The van der Waals surface area contributed by atoms with E-state index in [9.17, 15) is 14.7 Å². The van der Waals surface area contributed by atoms with Gasteiger partial charge in [0.25, 0.3) is 0 Å². The van der Waals surface area contributed by atoms with Crippen LogP contribution in [0.1, 0.15) is 72.4 Å². The van der Waals surface area contributed by atoms with Gasteiger partial charge in [0.15, 0.2) is 12.4 Å². The molecular formula is C24H28O5. The summed E-state index contributed by atoms with van der Waals surface area (Å²) in [5.41, 5.74) is 3.31. The number of ketones is 1. The van der Waals surface area contributed by atoms with Crippen molar-refractivity contribution in [1.29, 1.82) is 0 Å². The quantitative estimate of drug-likeness (QED) is 0.581. The molecule has 1 aliphatic rings. The predicted molar refractivity (Wildman–Crippen MR) is 111 cm³/mol. The van der Waals surface area contributed by atoms with Crippen LogP contribution in [0.2, 0.25) is 0 Å². The van der Waals surface area contributed by atoms with E-state index in [4.69, 9.17) is 4.74 Å². The van der Waals surface area contributed by atoms with Gasteiger partial charge in [0.05, 0.1) is 7.11 Å². The maximum Gasteiger partial charge on any atom is 0.341 e. The SMILES string of the molecule is COC(=O)c1ccc(OCC(=O)c2ccc3c(c2)C(C)(C)CCC3(C)C)cc1O. The van der Waals surface area contributed by atoms with Crippen LogP contribution in [0.15, 0.2) is 36.4 Å². The van der Waals surface area contributed by atoms with Gasteiger partial charge < -0.3 is 14.6 Å². The second-order valence-corrected chi connectivity index (χ2v) is 8.91. The lowest BCUT2D eigenvalue weighted by Crippen LogP contribution is -2.34. The standard InChI is InChI=1S/C24H28O5/c1-23(2)10-11-24(3,4)19-12-15(6-9-18(19)23)21(26)14-29-16-7-8-17(20(25)13-16)22(27)28-5/h6-9,12-13,25H,10-11,14H2,1-5H3. The molecule has 0 aliphatic heterocycles. The molecular weight excluding hydrogens is 368 g/mol. The highest BCUT2D eigenvalue weighted by molar-refractivity contribution is 5.97. The first-order valence-corrected chi connectivity index (χ1v) is 9.77. The number of hydrogen-bond acceptors (Lipinski definition) is 5. The molecule has 0 heterocycles. The van der Waals surface area contributed by atoms with Crippen LogP contribution >= 0.6 is 0 Å². The van der Waals surface area contributed by atoms with Gasteiger partial charge in [-0.2, -0.15) is 0 Å². The van der Waals surface area contributed by atoms with Gasteiger partial charge in [-0.25, -0.2) is 4.79 Å². The fourth-order valence-electron chi connectivity index (χ4n) is 3.88. The van der Waals surface area contributed by atoms with Gasteiger partial charge in [-0.15, -0.1) is 0 Å². The second-order valence-electron chi connectivity index (χ2n) is 8.91. The highest BCUT2D eigenvalue weighted by Gasteiger charge is 2.37. The van der Waals surface area contributed by atoms with Crippen LogP contribution in [0, 0.1) is 0 Å². The van der Waals surface area contributed by atoms with Gasteiger partial charge in [-0.1, -0.05) is 39.8 Å². The van der Waals surface area contributed by atoms with Gasteiger partial charge in [0.1, 0.15) is 17.1 Å². The number of phenols is 1. The molecule has 0 atom stereocenters. The molecule has 2 aromatic carbocycles. The molecule has 5 heteroatoms. The molecule has 0 radical (unpaired) electrons. The number of Topliss-reactive ketones (excluding diaryl/α,β-unsaturated/α-hetero) is 1. The van der Waals surface area contributed by atoms with Crippen LogP contribution in [-0.2, 0) is 15.6 Å². The number of hydrogen-bond donors (Lipinski definition) is 1. The predicted octanol–water partition coefficient (Wildman–Crippen LogP) is 4.79. The summed E-state index contributed by atoms with van der Waals surface area (Å²) in [6.07, 6.45) is 2.20. The summed E-state index contributed by atoms with van der Waals surface area (Å²) in [5, 5.41) is 9.95.